The van der Waals surface area contributed by atoms with Gasteiger partial charge in [-0.1, -0.05) is 42.5 Å². The standard InChI is InChI=1S/C18H15NO2/c1-13-7-5-6-10-15(13)16-11-12-17(21-16)18(20)19-14-8-3-2-4-9-14/h2-12H,1H3,(H,19,20). The topological polar surface area (TPSA) is 42.2 Å². The van der Waals surface area contributed by atoms with E-state index in [4.69, 9.17) is 4.42 Å². The molecule has 1 heterocycles. The molecule has 3 aromatic rings. The Kier molecular flexibility index (Phi) is 3.56. The summed E-state index contributed by atoms with van der Waals surface area (Å²) in [5.74, 6) is 0.754. The number of benzene rings is 2. The minimum Gasteiger partial charge on any atom is -0.451 e. The smallest absolute Gasteiger partial charge is 0.291 e. The number of furan rings is 1. The van der Waals surface area contributed by atoms with Crippen molar-refractivity contribution in [2.45, 2.75) is 6.92 Å². The van der Waals surface area contributed by atoms with Gasteiger partial charge >= 0.3 is 0 Å². The van der Waals surface area contributed by atoms with Crippen molar-refractivity contribution < 1.29 is 9.21 Å². The summed E-state index contributed by atoms with van der Waals surface area (Å²) in [6.45, 7) is 2.02. The number of hydrogen-bond donors (Lipinski definition) is 1. The predicted molar refractivity (Wildman–Crippen MR) is 83.3 cm³/mol. The Labute approximate surface area is 123 Å². The Balaban J connectivity index is 1.82. The molecule has 1 aromatic heterocycles. The van der Waals surface area contributed by atoms with E-state index < -0.39 is 0 Å². The van der Waals surface area contributed by atoms with Gasteiger partial charge in [0.2, 0.25) is 0 Å². The summed E-state index contributed by atoms with van der Waals surface area (Å²) in [5.41, 5.74) is 2.86. The van der Waals surface area contributed by atoms with Crippen molar-refractivity contribution >= 4 is 11.6 Å². The fourth-order valence-corrected chi connectivity index (χ4v) is 2.17. The highest BCUT2D eigenvalue weighted by molar-refractivity contribution is 6.02. The first kappa shape index (κ1) is 13.2. The number of amides is 1. The summed E-state index contributed by atoms with van der Waals surface area (Å²) < 4.78 is 5.67. The fourth-order valence-electron chi connectivity index (χ4n) is 2.17. The van der Waals surface area contributed by atoms with Crippen LogP contribution in [0.1, 0.15) is 16.1 Å². The van der Waals surface area contributed by atoms with Crippen LogP contribution in [0, 0.1) is 6.92 Å². The Morgan fingerprint density at radius 2 is 1.62 bits per heavy atom. The van der Waals surface area contributed by atoms with Gasteiger partial charge in [0.15, 0.2) is 5.76 Å². The zero-order valence-electron chi connectivity index (χ0n) is 11.7. The molecule has 2 aromatic carbocycles. The van der Waals surface area contributed by atoms with Crippen LogP contribution in [0.25, 0.3) is 11.3 Å². The maximum absolute atomic E-state index is 12.1. The number of rotatable bonds is 3. The Bertz CT molecular complexity index is 760. The first-order valence-corrected chi connectivity index (χ1v) is 6.76. The van der Waals surface area contributed by atoms with E-state index in [1.165, 1.54) is 0 Å². The normalized spacial score (nSPS) is 10.3. The van der Waals surface area contributed by atoms with Crippen molar-refractivity contribution in [3.8, 4) is 11.3 Å². The highest BCUT2D eigenvalue weighted by atomic mass is 16.3. The molecule has 0 spiro atoms. The van der Waals surface area contributed by atoms with Crippen LogP contribution in [-0.2, 0) is 0 Å². The van der Waals surface area contributed by atoms with E-state index in [0.29, 0.717) is 11.5 Å². The molecule has 0 bridgehead atoms. The monoisotopic (exact) mass is 277 g/mol. The first-order chi connectivity index (χ1) is 10.2. The molecule has 3 nitrogen and oxygen atoms in total. The second-order valence-electron chi connectivity index (χ2n) is 4.80. The van der Waals surface area contributed by atoms with E-state index in [-0.39, 0.29) is 5.91 Å². The third-order valence-corrected chi connectivity index (χ3v) is 3.27. The van der Waals surface area contributed by atoms with E-state index in [0.717, 1.165) is 16.8 Å². The lowest BCUT2D eigenvalue weighted by Gasteiger charge is -2.03. The van der Waals surface area contributed by atoms with Gasteiger partial charge in [-0.15, -0.1) is 0 Å². The molecule has 104 valence electrons. The minimum atomic E-state index is -0.249. The Morgan fingerprint density at radius 1 is 0.905 bits per heavy atom. The van der Waals surface area contributed by atoms with Crippen molar-refractivity contribution in [2.75, 3.05) is 5.32 Å². The second kappa shape index (κ2) is 5.67. The molecule has 3 rings (SSSR count). The molecular weight excluding hydrogens is 262 g/mol. The second-order valence-corrected chi connectivity index (χ2v) is 4.80. The largest absolute Gasteiger partial charge is 0.451 e. The zero-order valence-corrected chi connectivity index (χ0v) is 11.7. The number of carbonyl (C=O) groups is 1. The summed E-state index contributed by atoms with van der Waals surface area (Å²) in [6, 6.07) is 20.8. The third-order valence-electron chi connectivity index (χ3n) is 3.27. The lowest BCUT2D eigenvalue weighted by Crippen LogP contribution is -2.10. The van der Waals surface area contributed by atoms with Crippen molar-refractivity contribution in [3.05, 3.63) is 78.1 Å². The lowest BCUT2D eigenvalue weighted by atomic mass is 10.1. The average molecular weight is 277 g/mol. The van der Waals surface area contributed by atoms with E-state index in [2.05, 4.69) is 5.32 Å². The van der Waals surface area contributed by atoms with Crippen molar-refractivity contribution in [1.82, 2.24) is 0 Å². The molecule has 0 aliphatic carbocycles. The number of anilines is 1. The van der Waals surface area contributed by atoms with E-state index in [9.17, 15) is 4.79 Å². The number of para-hydroxylation sites is 1. The highest BCUT2D eigenvalue weighted by Gasteiger charge is 2.13. The zero-order chi connectivity index (χ0) is 14.7. The Morgan fingerprint density at radius 3 is 2.38 bits per heavy atom. The van der Waals surface area contributed by atoms with Gasteiger partial charge in [-0.25, -0.2) is 0 Å². The summed E-state index contributed by atoms with van der Waals surface area (Å²) >= 11 is 0. The van der Waals surface area contributed by atoms with E-state index >= 15 is 0 Å². The molecule has 21 heavy (non-hydrogen) atoms. The summed E-state index contributed by atoms with van der Waals surface area (Å²) in [4.78, 5) is 12.1. The van der Waals surface area contributed by atoms with Gasteiger partial charge in [0.25, 0.3) is 5.91 Å². The fraction of sp³-hybridized carbons (Fsp3) is 0.0556. The maximum Gasteiger partial charge on any atom is 0.291 e. The van der Waals surface area contributed by atoms with E-state index in [1.54, 1.807) is 6.07 Å². The molecule has 3 heteroatoms. The van der Waals surface area contributed by atoms with Gasteiger partial charge in [-0.05, 0) is 36.8 Å². The quantitative estimate of drug-likeness (QED) is 0.765. The SMILES string of the molecule is Cc1ccccc1-c1ccc(C(=O)Nc2ccccc2)o1. The van der Waals surface area contributed by atoms with Crippen molar-refractivity contribution in [3.63, 3.8) is 0 Å². The van der Waals surface area contributed by atoms with Gasteiger partial charge in [0.05, 0.1) is 0 Å². The minimum absolute atomic E-state index is 0.249. The summed E-state index contributed by atoms with van der Waals surface area (Å²) in [5, 5.41) is 2.80. The number of hydrogen-bond acceptors (Lipinski definition) is 2. The maximum atomic E-state index is 12.1. The highest BCUT2D eigenvalue weighted by Crippen LogP contribution is 2.25. The predicted octanol–water partition coefficient (Wildman–Crippen LogP) is 4.51. The van der Waals surface area contributed by atoms with Gasteiger partial charge in [0, 0.05) is 11.3 Å². The van der Waals surface area contributed by atoms with Crippen LogP contribution >= 0.6 is 0 Å². The van der Waals surface area contributed by atoms with Crippen LogP contribution in [0.3, 0.4) is 0 Å². The van der Waals surface area contributed by atoms with Crippen LogP contribution < -0.4 is 5.32 Å². The summed E-state index contributed by atoms with van der Waals surface area (Å²) in [6.07, 6.45) is 0. The molecular formula is C18H15NO2. The molecule has 0 aliphatic heterocycles. The molecule has 0 saturated heterocycles. The molecule has 0 saturated carbocycles. The average Bonchev–Trinajstić information content (AvgIpc) is 2.98. The van der Waals surface area contributed by atoms with Gasteiger partial charge in [0.1, 0.15) is 5.76 Å². The molecule has 0 aliphatic rings. The Hall–Kier alpha value is -2.81. The van der Waals surface area contributed by atoms with Crippen molar-refractivity contribution in [2.24, 2.45) is 0 Å². The number of nitrogens with one attached hydrogen (secondary N) is 1. The van der Waals surface area contributed by atoms with Crippen LogP contribution in [0.4, 0.5) is 5.69 Å². The van der Waals surface area contributed by atoms with Crippen LogP contribution in [0.5, 0.6) is 0 Å². The lowest BCUT2D eigenvalue weighted by molar-refractivity contribution is 0.0997. The first-order valence-electron chi connectivity index (χ1n) is 6.76. The summed E-state index contributed by atoms with van der Waals surface area (Å²) in [7, 11) is 0. The number of aryl methyl sites for hydroxylation is 1. The van der Waals surface area contributed by atoms with Gasteiger partial charge in [-0.3, -0.25) is 4.79 Å². The molecule has 0 atom stereocenters. The molecule has 0 radical (unpaired) electrons. The van der Waals surface area contributed by atoms with Gasteiger partial charge < -0.3 is 9.73 Å². The molecule has 1 amide bonds. The molecule has 0 fully saturated rings. The third kappa shape index (κ3) is 2.87. The van der Waals surface area contributed by atoms with Crippen LogP contribution in [0.15, 0.2) is 71.1 Å². The van der Waals surface area contributed by atoms with Crippen LogP contribution in [0.2, 0.25) is 0 Å². The molecule has 0 unspecified atom stereocenters. The number of carbonyl (C=O) groups excluding carboxylic acids is 1. The van der Waals surface area contributed by atoms with Crippen LogP contribution in [-0.4, -0.2) is 5.91 Å². The van der Waals surface area contributed by atoms with E-state index in [1.807, 2.05) is 67.6 Å². The van der Waals surface area contributed by atoms with Crippen molar-refractivity contribution in [1.29, 1.82) is 0 Å². The molecule has 1 N–H and O–H groups in total. The van der Waals surface area contributed by atoms with Gasteiger partial charge in [-0.2, -0.15) is 0 Å².